The number of hydrogen-bond donors (Lipinski definition) is 1. The average molecular weight is 485 g/mol. The number of rotatable bonds is 4. The Morgan fingerprint density at radius 3 is 2.52 bits per heavy atom. The van der Waals surface area contributed by atoms with E-state index in [-0.39, 0.29) is 24.0 Å². The minimum atomic E-state index is 0. The second-order valence-electron chi connectivity index (χ2n) is 7.80. The van der Waals surface area contributed by atoms with Crippen LogP contribution in [0.3, 0.4) is 0 Å². The Kier molecular flexibility index (Phi) is 8.66. The second kappa shape index (κ2) is 10.5. The third-order valence-corrected chi connectivity index (χ3v) is 5.82. The molecule has 0 aromatic heterocycles. The number of hydrogen-bond acceptors (Lipinski definition) is 3. The van der Waals surface area contributed by atoms with Gasteiger partial charge in [0.05, 0.1) is 0 Å². The number of halogens is 1. The van der Waals surface area contributed by atoms with E-state index < -0.39 is 0 Å². The lowest BCUT2D eigenvalue weighted by molar-refractivity contribution is 0.369. The summed E-state index contributed by atoms with van der Waals surface area (Å²) in [5, 5.41) is 3.51. The summed E-state index contributed by atoms with van der Waals surface area (Å²) in [6.45, 7) is 15.0. The van der Waals surface area contributed by atoms with Crippen molar-refractivity contribution in [3.63, 3.8) is 0 Å². The lowest BCUT2D eigenvalue weighted by Crippen LogP contribution is -2.52. The Labute approximate surface area is 182 Å². The number of nitrogens with zero attached hydrogens (tertiary/aromatic N) is 4. The maximum Gasteiger partial charge on any atom is 0.194 e. The Bertz CT molecular complexity index is 625. The molecule has 0 radical (unpaired) electrons. The van der Waals surface area contributed by atoms with E-state index in [1.807, 2.05) is 0 Å². The zero-order valence-corrected chi connectivity index (χ0v) is 19.7. The van der Waals surface area contributed by atoms with Gasteiger partial charge in [-0.2, -0.15) is 0 Å². The predicted molar refractivity (Wildman–Crippen MR) is 127 cm³/mol. The minimum Gasteiger partial charge on any atom is -0.368 e. The van der Waals surface area contributed by atoms with Gasteiger partial charge in [-0.15, -0.1) is 24.0 Å². The van der Waals surface area contributed by atoms with Crippen LogP contribution >= 0.6 is 24.0 Å². The third kappa shape index (κ3) is 5.73. The SMILES string of the molecule is CCNC(=NCC1CCN(C)C1)N1CCN(c2cccc(C)c2C)CC1.I. The number of likely N-dealkylation sites (tertiary alicyclic amines) is 1. The molecule has 2 heterocycles. The summed E-state index contributed by atoms with van der Waals surface area (Å²) in [6.07, 6.45) is 1.28. The van der Waals surface area contributed by atoms with Crippen molar-refractivity contribution < 1.29 is 0 Å². The zero-order chi connectivity index (χ0) is 18.5. The van der Waals surface area contributed by atoms with E-state index in [1.165, 1.54) is 36.3 Å². The molecular formula is C21H36IN5. The van der Waals surface area contributed by atoms with Crippen molar-refractivity contribution >= 4 is 35.6 Å². The standard InChI is InChI=1S/C21H35N5.HI/c1-5-22-21(23-15-19-9-10-24(4)16-19)26-13-11-25(12-14-26)20-8-6-7-17(2)18(20)3;/h6-8,19H,5,9-16H2,1-4H3,(H,22,23);1H. The van der Waals surface area contributed by atoms with Crippen molar-refractivity contribution in [1.29, 1.82) is 0 Å². The normalized spacial score (nSPS) is 21.3. The van der Waals surface area contributed by atoms with Gasteiger partial charge in [0.2, 0.25) is 0 Å². The number of aliphatic imine (C=N–C) groups is 1. The number of benzene rings is 1. The number of guanidine groups is 1. The molecule has 1 N–H and O–H groups in total. The Morgan fingerprint density at radius 2 is 1.89 bits per heavy atom. The molecule has 0 aliphatic carbocycles. The Hall–Kier alpha value is -1.02. The van der Waals surface area contributed by atoms with Gasteiger partial charge in [0.1, 0.15) is 0 Å². The Balaban J connectivity index is 0.00000261. The van der Waals surface area contributed by atoms with Crippen molar-refractivity contribution in [2.75, 3.05) is 64.3 Å². The molecule has 1 aromatic carbocycles. The smallest absolute Gasteiger partial charge is 0.194 e. The van der Waals surface area contributed by atoms with Gasteiger partial charge in [-0.1, -0.05) is 12.1 Å². The van der Waals surface area contributed by atoms with E-state index >= 15 is 0 Å². The van der Waals surface area contributed by atoms with Gasteiger partial charge in [-0.05, 0) is 63.9 Å². The average Bonchev–Trinajstić information content (AvgIpc) is 3.06. The molecule has 2 aliphatic heterocycles. The fourth-order valence-electron chi connectivity index (χ4n) is 4.05. The Morgan fingerprint density at radius 1 is 1.15 bits per heavy atom. The van der Waals surface area contributed by atoms with Crippen LogP contribution in [-0.4, -0.2) is 75.2 Å². The van der Waals surface area contributed by atoms with E-state index in [4.69, 9.17) is 4.99 Å². The quantitative estimate of drug-likeness (QED) is 0.404. The topological polar surface area (TPSA) is 34.1 Å². The summed E-state index contributed by atoms with van der Waals surface area (Å²) in [7, 11) is 2.21. The summed E-state index contributed by atoms with van der Waals surface area (Å²) < 4.78 is 0. The molecule has 0 spiro atoms. The van der Waals surface area contributed by atoms with Crippen molar-refractivity contribution in [2.45, 2.75) is 27.2 Å². The summed E-state index contributed by atoms with van der Waals surface area (Å²) in [5.74, 6) is 1.81. The first kappa shape index (κ1) is 22.3. The van der Waals surface area contributed by atoms with Crippen molar-refractivity contribution in [3.8, 4) is 0 Å². The first-order valence-corrected chi connectivity index (χ1v) is 10.1. The van der Waals surface area contributed by atoms with Gasteiger partial charge in [0.15, 0.2) is 5.96 Å². The summed E-state index contributed by atoms with van der Waals surface area (Å²) >= 11 is 0. The van der Waals surface area contributed by atoms with E-state index in [1.54, 1.807) is 0 Å². The van der Waals surface area contributed by atoms with Gasteiger partial charge < -0.3 is 20.0 Å². The molecule has 1 aromatic rings. The van der Waals surface area contributed by atoms with Gasteiger partial charge in [0, 0.05) is 51.5 Å². The highest BCUT2D eigenvalue weighted by Crippen LogP contribution is 2.24. The van der Waals surface area contributed by atoms with E-state index in [2.05, 4.69) is 66.0 Å². The zero-order valence-electron chi connectivity index (χ0n) is 17.4. The fraction of sp³-hybridized carbons (Fsp3) is 0.667. The minimum absolute atomic E-state index is 0. The summed E-state index contributed by atoms with van der Waals surface area (Å²) in [5.41, 5.74) is 4.17. The van der Waals surface area contributed by atoms with Crippen LogP contribution in [0.1, 0.15) is 24.5 Å². The van der Waals surface area contributed by atoms with Gasteiger partial charge in [-0.3, -0.25) is 4.99 Å². The molecule has 152 valence electrons. The lowest BCUT2D eigenvalue weighted by Gasteiger charge is -2.38. The summed E-state index contributed by atoms with van der Waals surface area (Å²) in [6, 6.07) is 6.63. The number of piperazine rings is 1. The molecule has 6 heteroatoms. The molecule has 1 unspecified atom stereocenters. The molecule has 0 amide bonds. The number of aryl methyl sites for hydroxylation is 1. The molecule has 2 fully saturated rings. The highest BCUT2D eigenvalue weighted by Gasteiger charge is 2.23. The maximum atomic E-state index is 4.97. The number of anilines is 1. The van der Waals surface area contributed by atoms with Gasteiger partial charge >= 0.3 is 0 Å². The molecule has 5 nitrogen and oxygen atoms in total. The fourth-order valence-corrected chi connectivity index (χ4v) is 4.05. The summed E-state index contributed by atoms with van der Waals surface area (Å²) in [4.78, 5) is 12.3. The second-order valence-corrected chi connectivity index (χ2v) is 7.80. The lowest BCUT2D eigenvalue weighted by atomic mass is 10.1. The van der Waals surface area contributed by atoms with Crippen LogP contribution in [0.5, 0.6) is 0 Å². The van der Waals surface area contributed by atoms with Crippen LogP contribution in [0.2, 0.25) is 0 Å². The van der Waals surface area contributed by atoms with Crippen molar-refractivity contribution in [1.82, 2.24) is 15.1 Å². The van der Waals surface area contributed by atoms with Crippen LogP contribution < -0.4 is 10.2 Å². The molecule has 1 atom stereocenters. The molecule has 2 aliphatic rings. The van der Waals surface area contributed by atoms with E-state index in [0.717, 1.165) is 45.2 Å². The van der Waals surface area contributed by atoms with Gasteiger partial charge in [0.25, 0.3) is 0 Å². The van der Waals surface area contributed by atoms with Gasteiger partial charge in [-0.25, -0.2) is 0 Å². The molecule has 2 saturated heterocycles. The van der Waals surface area contributed by atoms with Crippen LogP contribution in [0, 0.1) is 19.8 Å². The molecule has 3 rings (SSSR count). The number of nitrogens with one attached hydrogen (secondary N) is 1. The van der Waals surface area contributed by atoms with Crippen LogP contribution in [0.4, 0.5) is 5.69 Å². The van der Waals surface area contributed by atoms with E-state index in [9.17, 15) is 0 Å². The van der Waals surface area contributed by atoms with E-state index in [0.29, 0.717) is 5.92 Å². The predicted octanol–water partition coefficient (Wildman–Crippen LogP) is 2.96. The maximum absolute atomic E-state index is 4.97. The van der Waals surface area contributed by atoms with Crippen molar-refractivity contribution in [3.05, 3.63) is 29.3 Å². The van der Waals surface area contributed by atoms with Crippen molar-refractivity contribution in [2.24, 2.45) is 10.9 Å². The highest BCUT2D eigenvalue weighted by molar-refractivity contribution is 14.0. The molecule has 0 bridgehead atoms. The first-order chi connectivity index (χ1) is 12.6. The van der Waals surface area contributed by atoms with Crippen LogP contribution in [-0.2, 0) is 0 Å². The molecule has 0 saturated carbocycles. The molecular weight excluding hydrogens is 449 g/mol. The van der Waals surface area contributed by atoms with Crippen LogP contribution in [0.25, 0.3) is 0 Å². The van der Waals surface area contributed by atoms with Crippen LogP contribution in [0.15, 0.2) is 23.2 Å². The molecule has 27 heavy (non-hydrogen) atoms. The highest BCUT2D eigenvalue weighted by atomic mass is 127. The third-order valence-electron chi connectivity index (χ3n) is 5.82. The first-order valence-electron chi connectivity index (χ1n) is 10.1. The largest absolute Gasteiger partial charge is 0.368 e. The monoisotopic (exact) mass is 485 g/mol.